The minimum Gasteiger partial charge on any atom is -0.486 e. The van der Waals surface area contributed by atoms with Crippen molar-refractivity contribution in [1.29, 1.82) is 0 Å². The molecule has 1 fully saturated rings. The molecule has 0 aromatic heterocycles. The van der Waals surface area contributed by atoms with E-state index in [1.54, 1.807) is 18.2 Å². The van der Waals surface area contributed by atoms with E-state index < -0.39 is 4.92 Å². The van der Waals surface area contributed by atoms with Gasteiger partial charge < -0.3 is 14.8 Å². The first-order chi connectivity index (χ1) is 13.6. The topological polar surface area (TPSA) is 90.7 Å². The molecule has 1 aliphatic heterocycles. The van der Waals surface area contributed by atoms with Gasteiger partial charge in [-0.3, -0.25) is 14.9 Å². The van der Waals surface area contributed by atoms with Gasteiger partial charge in [0.05, 0.1) is 11.0 Å². The Morgan fingerprint density at radius 1 is 1.11 bits per heavy atom. The zero-order chi connectivity index (χ0) is 19.5. The summed E-state index contributed by atoms with van der Waals surface area (Å²) in [5, 5.41) is 13.8. The fourth-order valence-corrected chi connectivity index (χ4v) is 3.24. The number of nitrogens with zero attached hydrogens (tertiary/aromatic N) is 1. The van der Waals surface area contributed by atoms with E-state index in [1.165, 1.54) is 18.2 Å². The quantitative estimate of drug-likeness (QED) is 0.469. The monoisotopic (exact) mass is 380 g/mol. The van der Waals surface area contributed by atoms with Crippen LogP contribution in [0, 0.1) is 16.0 Å². The molecule has 1 N–H and O–H groups in total. The molecule has 7 nitrogen and oxygen atoms in total. The van der Waals surface area contributed by atoms with Crippen LogP contribution in [0.2, 0.25) is 0 Å². The molecular weight excluding hydrogens is 360 g/mol. The average Bonchev–Trinajstić information content (AvgIpc) is 3.55. The Kier molecular flexibility index (Phi) is 4.97. The highest BCUT2D eigenvalue weighted by Crippen LogP contribution is 2.43. The number of carbonyl (C=O) groups is 1. The second-order valence-electron chi connectivity index (χ2n) is 6.91. The van der Waals surface area contributed by atoms with Gasteiger partial charge in [0, 0.05) is 18.2 Å². The van der Waals surface area contributed by atoms with Crippen LogP contribution in [0.5, 0.6) is 11.5 Å². The lowest BCUT2D eigenvalue weighted by Gasteiger charge is -2.22. The summed E-state index contributed by atoms with van der Waals surface area (Å²) in [5.41, 5.74) is 1.75. The predicted octanol–water partition coefficient (Wildman–Crippen LogP) is 3.65. The highest BCUT2D eigenvalue weighted by molar-refractivity contribution is 5.92. The standard InChI is InChI=1S/C21H20N2O5/c24-20(10-3-14-1-7-17(8-2-14)23(25)26)22-21(15-4-5-15)16-6-9-18-19(13-16)28-12-11-27-18/h1-3,6-10,13,15,21H,4-5,11-12H2,(H,22,24)/b10-3+. The number of fused-ring (bicyclic) bond motifs is 1. The summed E-state index contributed by atoms with van der Waals surface area (Å²) in [7, 11) is 0. The fourth-order valence-electron chi connectivity index (χ4n) is 3.24. The van der Waals surface area contributed by atoms with Crippen LogP contribution in [0.3, 0.4) is 0 Å². The van der Waals surface area contributed by atoms with Crippen molar-refractivity contribution in [2.75, 3.05) is 13.2 Å². The molecule has 2 aromatic rings. The number of benzene rings is 2. The molecular formula is C21H20N2O5. The van der Waals surface area contributed by atoms with Crippen molar-refractivity contribution in [1.82, 2.24) is 5.32 Å². The number of nitro groups is 1. The van der Waals surface area contributed by atoms with Crippen molar-refractivity contribution < 1.29 is 19.2 Å². The van der Waals surface area contributed by atoms with E-state index in [0.29, 0.717) is 24.9 Å². The number of hydrogen-bond donors (Lipinski definition) is 1. The van der Waals surface area contributed by atoms with Crippen LogP contribution in [0.4, 0.5) is 5.69 Å². The summed E-state index contributed by atoms with van der Waals surface area (Å²) in [6, 6.07) is 11.8. The second-order valence-corrected chi connectivity index (χ2v) is 6.91. The lowest BCUT2D eigenvalue weighted by atomic mass is 10.0. The Hall–Kier alpha value is -3.35. The molecule has 7 heteroatoms. The number of carbonyl (C=O) groups excluding carboxylic acids is 1. The number of ether oxygens (including phenoxy) is 2. The third-order valence-corrected chi connectivity index (χ3v) is 4.85. The van der Waals surface area contributed by atoms with Gasteiger partial charge >= 0.3 is 0 Å². The average molecular weight is 380 g/mol. The molecule has 0 spiro atoms. The Balaban J connectivity index is 1.44. The van der Waals surface area contributed by atoms with E-state index in [1.807, 2.05) is 18.2 Å². The van der Waals surface area contributed by atoms with Crippen molar-refractivity contribution in [2.24, 2.45) is 5.92 Å². The summed E-state index contributed by atoms with van der Waals surface area (Å²) >= 11 is 0. The van der Waals surface area contributed by atoms with Crippen LogP contribution >= 0.6 is 0 Å². The summed E-state index contributed by atoms with van der Waals surface area (Å²) in [5.74, 6) is 1.66. The smallest absolute Gasteiger partial charge is 0.269 e. The van der Waals surface area contributed by atoms with E-state index in [9.17, 15) is 14.9 Å². The van der Waals surface area contributed by atoms with Gasteiger partial charge in [-0.2, -0.15) is 0 Å². The molecule has 1 unspecified atom stereocenters. The summed E-state index contributed by atoms with van der Waals surface area (Å²) in [6.45, 7) is 1.07. The minimum absolute atomic E-state index is 0.0222. The van der Waals surface area contributed by atoms with Gasteiger partial charge in [-0.15, -0.1) is 0 Å². The summed E-state index contributed by atoms with van der Waals surface area (Å²) in [6.07, 6.45) is 5.25. The van der Waals surface area contributed by atoms with E-state index in [0.717, 1.165) is 29.7 Å². The Bertz CT molecular complexity index is 919. The second kappa shape index (κ2) is 7.72. The molecule has 0 bridgehead atoms. The molecule has 0 saturated heterocycles. The molecule has 2 aromatic carbocycles. The van der Waals surface area contributed by atoms with Gasteiger partial charge in [0.15, 0.2) is 11.5 Å². The van der Waals surface area contributed by atoms with Crippen LogP contribution in [-0.2, 0) is 4.79 Å². The third kappa shape index (κ3) is 4.14. The summed E-state index contributed by atoms with van der Waals surface area (Å²) in [4.78, 5) is 22.7. The van der Waals surface area contributed by atoms with Crippen LogP contribution in [0.1, 0.15) is 30.0 Å². The van der Waals surface area contributed by atoms with E-state index in [-0.39, 0.29) is 17.6 Å². The highest BCUT2D eigenvalue weighted by atomic mass is 16.6. The maximum absolute atomic E-state index is 12.4. The highest BCUT2D eigenvalue weighted by Gasteiger charge is 2.33. The first-order valence-corrected chi connectivity index (χ1v) is 9.23. The maximum atomic E-state index is 12.4. The largest absolute Gasteiger partial charge is 0.486 e. The molecule has 2 aliphatic rings. The van der Waals surface area contributed by atoms with E-state index >= 15 is 0 Å². The fraction of sp³-hybridized carbons (Fsp3) is 0.286. The number of hydrogen-bond acceptors (Lipinski definition) is 5. The Labute approximate surface area is 162 Å². The van der Waals surface area contributed by atoms with Gasteiger partial charge in [-0.25, -0.2) is 0 Å². The van der Waals surface area contributed by atoms with Crippen molar-refractivity contribution >= 4 is 17.7 Å². The van der Waals surface area contributed by atoms with Crippen molar-refractivity contribution in [3.63, 3.8) is 0 Å². The van der Waals surface area contributed by atoms with E-state index in [4.69, 9.17) is 9.47 Å². The third-order valence-electron chi connectivity index (χ3n) is 4.85. The molecule has 4 rings (SSSR count). The van der Waals surface area contributed by atoms with Crippen molar-refractivity contribution in [3.05, 3.63) is 69.8 Å². The van der Waals surface area contributed by atoms with Gasteiger partial charge in [-0.1, -0.05) is 6.07 Å². The van der Waals surface area contributed by atoms with Gasteiger partial charge in [0.25, 0.3) is 5.69 Å². The van der Waals surface area contributed by atoms with Crippen molar-refractivity contribution in [2.45, 2.75) is 18.9 Å². The Morgan fingerprint density at radius 3 is 2.50 bits per heavy atom. The number of non-ortho nitro benzene ring substituents is 1. The molecule has 0 radical (unpaired) electrons. The summed E-state index contributed by atoms with van der Waals surface area (Å²) < 4.78 is 11.2. The normalized spacial score (nSPS) is 16.6. The predicted molar refractivity (Wildman–Crippen MR) is 103 cm³/mol. The number of nitro benzene ring substituents is 1. The van der Waals surface area contributed by atoms with E-state index in [2.05, 4.69) is 5.32 Å². The lowest BCUT2D eigenvalue weighted by Crippen LogP contribution is -2.28. The number of nitrogens with one attached hydrogen (secondary N) is 1. The van der Waals surface area contributed by atoms with Crippen molar-refractivity contribution in [3.8, 4) is 11.5 Å². The molecule has 1 saturated carbocycles. The van der Waals surface area contributed by atoms with Gasteiger partial charge in [-0.05, 0) is 60.2 Å². The van der Waals surface area contributed by atoms with Crippen LogP contribution in [0.15, 0.2) is 48.5 Å². The van der Waals surface area contributed by atoms with Crippen LogP contribution in [-0.4, -0.2) is 24.0 Å². The SMILES string of the molecule is O=C(/C=C/c1ccc([N+](=O)[O-])cc1)NC(c1ccc2c(c1)OCCO2)C1CC1. The van der Waals surface area contributed by atoms with Crippen LogP contribution in [0.25, 0.3) is 6.08 Å². The molecule has 1 atom stereocenters. The molecule has 1 heterocycles. The number of rotatable bonds is 6. The van der Waals surface area contributed by atoms with Gasteiger partial charge in [0.2, 0.25) is 5.91 Å². The first kappa shape index (κ1) is 18.0. The van der Waals surface area contributed by atoms with Crippen LogP contribution < -0.4 is 14.8 Å². The molecule has 1 amide bonds. The molecule has 28 heavy (non-hydrogen) atoms. The van der Waals surface area contributed by atoms with Gasteiger partial charge in [0.1, 0.15) is 13.2 Å². The zero-order valence-corrected chi connectivity index (χ0v) is 15.2. The maximum Gasteiger partial charge on any atom is 0.269 e. The molecule has 144 valence electrons. The Morgan fingerprint density at radius 2 is 1.82 bits per heavy atom. The molecule has 1 aliphatic carbocycles. The lowest BCUT2D eigenvalue weighted by molar-refractivity contribution is -0.384. The zero-order valence-electron chi connectivity index (χ0n) is 15.2. The first-order valence-electron chi connectivity index (χ1n) is 9.23. The minimum atomic E-state index is -0.451. The number of amides is 1.